The predicted molar refractivity (Wildman–Crippen MR) is 89.5 cm³/mol. The molecule has 0 saturated carbocycles. The highest BCUT2D eigenvalue weighted by atomic mass is 32.2. The minimum absolute atomic E-state index is 0.561. The molecule has 20 heavy (non-hydrogen) atoms. The first kappa shape index (κ1) is 15.6. The van der Waals surface area contributed by atoms with Gasteiger partial charge in [0.15, 0.2) is 0 Å². The lowest BCUT2D eigenvalue weighted by Crippen LogP contribution is -2.45. The molecule has 1 saturated heterocycles. The first-order valence-corrected chi connectivity index (χ1v) is 8.66. The van der Waals surface area contributed by atoms with Gasteiger partial charge in [0.2, 0.25) is 0 Å². The maximum absolute atomic E-state index is 4.66. The van der Waals surface area contributed by atoms with Crippen LogP contribution in [0.15, 0.2) is 18.3 Å². The van der Waals surface area contributed by atoms with E-state index in [1.807, 2.05) is 6.20 Å². The molecule has 1 aromatic rings. The lowest BCUT2D eigenvalue weighted by atomic mass is 10.2. The molecule has 0 bridgehead atoms. The fourth-order valence-electron chi connectivity index (χ4n) is 2.45. The highest BCUT2D eigenvalue weighted by molar-refractivity contribution is 8.00. The van der Waals surface area contributed by atoms with Crippen molar-refractivity contribution in [3.8, 4) is 0 Å². The van der Waals surface area contributed by atoms with Gasteiger partial charge in [0.05, 0.1) is 0 Å². The Bertz CT molecular complexity index is 405. The minimum Gasteiger partial charge on any atom is -0.352 e. The van der Waals surface area contributed by atoms with Crippen molar-refractivity contribution in [1.29, 1.82) is 0 Å². The van der Waals surface area contributed by atoms with E-state index in [0.717, 1.165) is 25.5 Å². The molecule has 4 heteroatoms. The van der Waals surface area contributed by atoms with Crippen LogP contribution < -0.4 is 10.2 Å². The number of nitrogens with zero attached hydrogens (tertiary/aromatic N) is 2. The summed E-state index contributed by atoms with van der Waals surface area (Å²) in [5.74, 6) is 3.01. The molecule has 1 aliphatic heterocycles. The Morgan fingerprint density at radius 3 is 2.85 bits per heavy atom. The molecule has 0 aromatic carbocycles. The van der Waals surface area contributed by atoms with Gasteiger partial charge in [-0.3, -0.25) is 0 Å². The van der Waals surface area contributed by atoms with Gasteiger partial charge in [-0.1, -0.05) is 26.8 Å². The van der Waals surface area contributed by atoms with E-state index in [4.69, 9.17) is 0 Å². The lowest BCUT2D eigenvalue weighted by Gasteiger charge is -2.38. The quantitative estimate of drug-likeness (QED) is 0.902. The van der Waals surface area contributed by atoms with Crippen LogP contribution in [0.4, 0.5) is 5.82 Å². The van der Waals surface area contributed by atoms with Crippen molar-refractivity contribution in [3.63, 3.8) is 0 Å². The Labute approximate surface area is 127 Å². The highest BCUT2D eigenvalue weighted by Gasteiger charge is 2.25. The second kappa shape index (κ2) is 7.32. The molecule has 2 unspecified atom stereocenters. The molecule has 1 fully saturated rings. The van der Waals surface area contributed by atoms with Gasteiger partial charge in [0.1, 0.15) is 5.82 Å². The van der Waals surface area contributed by atoms with Gasteiger partial charge in [-0.05, 0) is 31.0 Å². The molecule has 0 aliphatic carbocycles. The maximum atomic E-state index is 4.66. The molecule has 112 valence electrons. The molecule has 1 aliphatic rings. The SMILES string of the molecule is CC(C)CNCc1ccc(N2CCSC(C)C2C)nc1. The molecule has 0 spiro atoms. The van der Waals surface area contributed by atoms with Gasteiger partial charge in [-0.25, -0.2) is 4.98 Å². The van der Waals surface area contributed by atoms with Crippen molar-refractivity contribution in [2.45, 2.75) is 45.5 Å². The smallest absolute Gasteiger partial charge is 0.128 e. The highest BCUT2D eigenvalue weighted by Crippen LogP contribution is 2.27. The van der Waals surface area contributed by atoms with E-state index >= 15 is 0 Å². The van der Waals surface area contributed by atoms with Crippen LogP contribution in [0.25, 0.3) is 0 Å². The van der Waals surface area contributed by atoms with Crippen LogP contribution in [0.2, 0.25) is 0 Å². The number of anilines is 1. The third kappa shape index (κ3) is 4.13. The first-order chi connectivity index (χ1) is 9.58. The monoisotopic (exact) mass is 293 g/mol. The zero-order chi connectivity index (χ0) is 14.5. The van der Waals surface area contributed by atoms with E-state index in [1.165, 1.54) is 11.3 Å². The minimum atomic E-state index is 0.561. The first-order valence-electron chi connectivity index (χ1n) is 7.62. The van der Waals surface area contributed by atoms with Crippen molar-refractivity contribution in [1.82, 2.24) is 10.3 Å². The number of thioether (sulfide) groups is 1. The number of pyridine rings is 1. The molecule has 2 atom stereocenters. The molecular weight excluding hydrogens is 266 g/mol. The van der Waals surface area contributed by atoms with Crippen molar-refractivity contribution < 1.29 is 0 Å². The van der Waals surface area contributed by atoms with Gasteiger partial charge in [0, 0.05) is 36.3 Å². The molecule has 2 rings (SSSR count). The van der Waals surface area contributed by atoms with Gasteiger partial charge < -0.3 is 10.2 Å². The zero-order valence-corrected chi connectivity index (χ0v) is 13.9. The second-order valence-electron chi connectivity index (χ2n) is 6.06. The molecule has 0 radical (unpaired) electrons. The number of hydrogen-bond acceptors (Lipinski definition) is 4. The molecule has 1 N–H and O–H groups in total. The summed E-state index contributed by atoms with van der Waals surface area (Å²) in [5, 5.41) is 4.14. The van der Waals surface area contributed by atoms with Crippen LogP contribution in [0, 0.1) is 5.92 Å². The topological polar surface area (TPSA) is 28.2 Å². The van der Waals surface area contributed by atoms with Crippen LogP contribution in [0.1, 0.15) is 33.3 Å². The largest absolute Gasteiger partial charge is 0.352 e. The third-order valence-corrected chi connectivity index (χ3v) is 5.21. The number of rotatable bonds is 5. The predicted octanol–water partition coefficient (Wildman–Crippen LogP) is 3.16. The van der Waals surface area contributed by atoms with Gasteiger partial charge >= 0.3 is 0 Å². The van der Waals surface area contributed by atoms with Crippen LogP contribution in [0.3, 0.4) is 0 Å². The molecule has 1 aromatic heterocycles. The number of hydrogen-bond donors (Lipinski definition) is 1. The van der Waals surface area contributed by atoms with Crippen molar-refractivity contribution in [3.05, 3.63) is 23.9 Å². The van der Waals surface area contributed by atoms with Gasteiger partial charge in [-0.2, -0.15) is 11.8 Å². The van der Waals surface area contributed by atoms with Gasteiger partial charge in [0.25, 0.3) is 0 Å². The average molecular weight is 293 g/mol. The standard InChI is InChI=1S/C16H27N3S/c1-12(2)9-17-10-15-5-6-16(18-11-15)19-7-8-20-14(4)13(19)3/h5-6,11-14,17H,7-10H2,1-4H3. The van der Waals surface area contributed by atoms with E-state index in [9.17, 15) is 0 Å². The Morgan fingerprint density at radius 1 is 1.40 bits per heavy atom. The number of nitrogens with one attached hydrogen (secondary N) is 1. The van der Waals surface area contributed by atoms with E-state index < -0.39 is 0 Å². The summed E-state index contributed by atoms with van der Waals surface area (Å²) in [7, 11) is 0. The normalized spacial score (nSPS) is 23.4. The van der Waals surface area contributed by atoms with E-state index in [0.29, 0.717) is 17.2 Å². The van der Waals surface area contributed by atoms with Crippen molar-refractivity contribution >= 4 is 17.6 Å². The Balaban J connectivity index is 1.93. The zero-order valence-electron chi connectivity index (χ0n) is 13.1. The summed E-state index contributed by atoms with van der Waals surface area (Å²) in [6.45, 7) is 12.1. The fraction of sp³-hybridized carbons (Fsp3) is 0.688. The van der Waals surface area contributed by atoms with Crippen molar-refractivity contribution in [2.24, 2.45) is 5.92 Å². The van der Waals surface area contributed by atoms with Crippen LogP contribution in [0.5, 0.6) is 0 Å². The molecule has 2 heterocycles. The molecule has 3 nitrogen and oxygen atoms in total. The second-order valence-corrected chi connectivity index (χ2v) is 7.54. The van der Waals surface area contributed by atoms with Gasteiger partial charge in [-0.15, -0.1) is 0 Å². The lowest BCUT2D eigenvalue weighted by molar-refractivity contribution is 0.551. The van der Waals surface area contributed by atoms with E-state index in [1.54, 1.807) is 0 Å². The third-order valence-electron chi connectivity index (χ3n) is 3.87. The van der Waals surface area contributed by atoms with E-state index in [-0.39, 0.29) is 0 Å². The Kier molecular flexibility index (Phi) is 5.73. The molecule has 0 amide bonds. The molecular formula is C16H27N3S. The summed E-state index contributed by atoms with van der Waals surface area (Å²) in [6.07, 6.45) is 2.02. The average Bonchev–Trinajstić information content (AvgIpc) is 2.42. The van der Waals surface area contributed by atoms with E-state index in [2.05, 4.69) is 66.8 Å². The fourth-order valence-corrected chi connectivity index (χ4v) is 3.55. The summed E-state index contributed by atoms with van der Waals surface area (Å²) >= 11 is 2.06. The summed E-state index contributed by atoms with van der Waals surface area (Å²) in [6, 6.07) is 4.94. The summed E-state index contributed by atoms with van der Waals surface area (Å²) < 4.78 is 0. The Hall–Kier alpha value is -0.740. The van der Waals surface area contributed by atoms with Crippen molar-refractivity contribution in [2.75, 3.05) is 23.7 Å². The summed E-state index contributed by atoms with van der Waals surface area (Å²) in [5.41, 5.74) is 1.27. The maximum Gasteiger partial charge on any atom is 0.128 e. The van der Waals surface area contributed by atoms with Crippen LogP contribution in [-0.4, -0.2) is 35.1 Å². The van der Waals surface area contributed by atoms with Crippen LogP contribution >= 0.6 is 11.8 Å². The number of aromatic nitrogens is 1. The Morgan fingerprint density at radius 2 is 2.20 bits per heavy atom. The van der Waals surface area contributed by atoms with Crippen LogP contribution in [-0.2, 0) is 6.54 Å². The summed E-state index contributed by atoms with van der Waals surface area (Å²) in [4.78, 5) is 7.10.